The first-order chi connectivity index (χ1) is 11.6. The number of methoxy groups -OCH3 is 1. The standard InChI is InChI=1S/C16H15Cl2N3O3/c1-23-14-7-20-12(4-13(14)24-8-9-2-3-9)16(22)21-15-10(17)5-19-6-11(15)18/h4-7,9H,2-3,8H2,1H3,(H,19,21,22). The summed E-state index contributed by atoms with van der Waals surface area (Å²) in [6.45, 7) is 0.601. The van der Waals surface area contributed by atoms with Gasteiger partial charge in [-0.1, -0.05) is 23.2 Å². The number of pyridine rings is 2. The molecular formula is C16H15Cl2N3O3. The van der Waals surface area contributed by atoms with Crippen LogP contribution < -0.4 is 14.8 Å². The molecule has 0 aromatic carbocycles. The molecule has 0 spiro atoms. The number of carbonyl (C=O) groups excluding carboxylic acids is 1. The lowest BCUT2D eigenvalue weighted by Crippen LogP contribution is -2.15. The molecule has 2 heterocycles. The lowest BCUT2D eigenvalue weighted by Gasteiger charge is -2.12. The molecule has 2 aromatic heterocycles. The van der Waals surface area contributed by atoms with Crippen LogP contribution in [0.5, 0.6) is 11.5 Å². The van der Waals surface area contributed by atoms with Crippen molar-refractivity contribution >= 4 is 34.8 Å². The Morgan fingerprint density at radius 1 is 1.25 bits per heavy atom. The van der Waals surface area contributed by atoms with Crippen LogP contribution >= 0.6 is 23.2 Å². The number of aromatic nitrogens is 2. The molecule has 126 valence electrons. The van der Waals surface area contributed by atoms with Crippen molar-refractivity contribution in [1.82, 2.24) is 9.97 Å². The lowest BCUT2D eigenvalue weighted by molar-refractivity contribution is 0.102. The van der Waals surface area contributed by atoms with E-state index in [-0.39, 0.29) is 21.4 Å². The van der Waals surface area contributed by atoms with E-state index < -0.39 is 5.91 Å². The Labute approximate surface area is 149 Å². The van der Waals surface area contributed by atoms with Crippen molar-refractivity contribution in [3.8, 4) is 11.5 Å². The van der Waals surface area contributed by atoms with E-state index in [4.69, 9.17) is 32.7 Å². The molecule has 2 aromatic rings. The molecule has 1 fully saturated rings. The van der Waals surface area contributed by atoms with E-state index in [0.717, 1.165) is 0 Å². The van der Waals surface area contributed by atoms with Gasteiger partial charge in [-0.2, -0.15) is 0 Å². The zero-order valence-corrected chi connectivity index (χ0v) is 14.4. The highest BCUT2D eigenvalue weighted by molar-refractivity contribution is 6.39. The maximum absolute atomic E-state index is 12.4. The minimum atomic E-state index is -0.455. The second-order valence-corrected chi connectivity index (χ2v) is 6.22. The number of nitrogens with one attached hydrogen (secondary N) is 1. The third-order valence-corrected chi connectivity index (χ3v) is 4.12. The predicted molar refractivity (Wildman–Crippen MR) is 91.2 cm³/mol. The van der Waals surface area contributed by atoms with Crippen LogP contribution in [0.25, 0.3) is 0 Å². The first kappa shape index (κ1) is 16.8. The van der Waals surface area contributed by atoms with E-state index in [9.17, 15) is 4.79 Å². The van der Waals surface area contributed by atoms with E-state index in [1.165, 1.54) is 38.5 Å². The summed E-state index contributed by atoms with van der Waals surface area (Å²) < 4.78 is 11.0. The monoisotopic (exact) mass is 367 g/mol. The van der Waals surface area contributed by atoms with Crippen molar-refractivity contribution in [2.24, 2.45) is 5.92 Å². The molecule has 1 aliphatic carbocycles. The van der Waals surface area contributed by atoms with Gasteiger partial charge in [0, 0.05) is 18.5 Å². The van der Waals surface area contributed by atoms with Gasteiger partial charge in [-0.05, 0) is 18.8 Å². The molecule has 0 bridgehead atoms. The van der Waals surface area contributed by atoms with Crippen LogP contribution in [0.15, 0.2) is 24.7 Å². The van der Waals surface area contributed by atoms with Crippen molar-refractivity contribution in [2.75, 3.05) is 19.0 Å². The fraction of sp³-hybridized carbons (Fsp3) is 0.312. The first-order valence-electron chi connectivity index (χ1n) is 7.35. The van der Waals surface area contributed by atoms with Gasteiger partial charge in [0.2, 0.25) is 0 Å². The van der Waals surface area contributed by atoms with Crippen LogP contribution in [0.1, 0.15) is 23.3 Å². The number of amides is 1. The number of halogens is 2. The summed E-state index contributed by atoms with van der Waals surface area (Å²) in [4.78, 5) is 20.3. The largest absolute Gasteiger partial charge is 0.491 e. The molecular weight excluding hydrogens is 353 g/mol. The average molecular weight is 368 g/mol. The van der Waals surface area contributed by atoms with Crippen molar-refractivity contribution in [2.45, 2.75) is 12.8 Å². The lowest BCUT2D eigenvalue weighted by atomic mass is 10.3. The van der Waals surface area contributed by atoms with Crippen LogP contribution in [-0.4, -0.2) is 29.6 Å². The summed E-state index contributed by atoms with van der Waals surface area (Å²) in [6.07, 6.45) is 6.58. The quantitative estimate of drug-likeness (QED) is 0.839. The molecule has 0 unspecified atom stereocenters. The van der Waals surface area contributed by atoms with Crippen LogP contribution in [0, 0.1) is 5.92 Å². The summed E-state index contributed by atoms with van der Waals surface area (Å²) in [5.74, 6) is 1.09. The van der Waals surface area contributed by atoms with Gasteiger partial charge in [0.05, 0.1) is 35.6 Å². The number of ether oxygens (including phenoxy) is 2. The number of hydrogen-bond donors (Lipinski definition) is 1. The third-order valence-electron chi connectivity index (χ3n) is 3.55. The molecule has 1 aliphatic rings. The molecule has 24 heavy (non-hydrogen) atoms. The highest BCUT2D eigenvalue weighted by atomic mass is 35.5. The van der Waals surface area contributed by atoms with E-state index in [1.54, 1.807) is 6.07 Å². The maximum atomic E-state index is 12.4. The Hall–Kier alpha value is -2.05. The van der Waals surface area contributed by atoms with Gasteiger partial charge >= 0.3 is 0 Å². The minimum absolute atomic E-state index is 0.172. The average Bonchev–Trinajstić information content (AvgIpc) is 3.40. The summed E-state index contributed by atoms with van der Waals surface area (Å²) in [7, 11) is 1.53. The molecule has 1 saturated carbocycles. The smallest absolute Gasteiger partial charge is 0.274 e. The second-order valence-electron chi connectivity index (χ2n) is 5.41. The fourth-order valence-corrected chi connectivity index (χ4v) is 2.47. The van der Waals surface area contributed by atoms with Crippen LogP contribution in [0.2, 0.25) is 10.0 Å². The van der Waals surface area contributed by atoms with E-state index in [1.807, 2.05) is 0 Å². The zero-order valence-electron chi connectivity index (χ0n) is 12.9. The number of nitrogens with zero attached hydrogens (tertiary/aromatic N) is 2. The highest BCUT2D eigenvalue weighted by Gasteiger charge is 2.23. The van der Waals surface area contributed by atoms with Crippen LogP contribution in [-0.2, 0) is 0 Å². The van der Waals surface area contributed by atoms with Gasteiger partial charge in [-0.25, -0.2) is 4.98 Å². The number of rotatable bonds is 6. The molecule has 0 atom stereocenters. The summed E-state index contributed by atoms with van der Waals surface area (Å²) in [5, 5.41) is 3.12. The molecule has 0 saturated heterocycles. The van der Waals surface area contributed by atoms with E-state index >= 15 is 0 Å². The van der Waals surface area contributed by atoms with Crippen molar-refractivity contribution in [3.05, 3.63) is 40.4 Å². The SMILES string of the molecule is COc1cnc(C(=O)Nc2c(Cl)cncc2Cl)cc1OCC1CC1. The Bertz CT molecular complexity index is 746. The zero-order chi connectivity index (χ0) is 17.1. The van der Waals surface area contributed by atoms with Gasteiger partial charge < -0.3 is 14.8 Å². The van der Waals surface area contributed by atoms with Gasteiger partial charge in [0.25, 0.3) is 5.91 Å². The van der Waals surface area contributed by atoms with Crippen molar-refractivity contribution < 1.29 is 14.3 Å². The summed E-state index contributed by atoms with van der Waals surface area (Å²) in [5.41, 5.74) is 0.460. The maximum Gasteiger partial charge on any atom is 0.274 e. The first-order valence-corrected chi connectivity index (χ1v) is 8.11. The Kier molecular flexibility index (Phi) is 5.06. The Morgan fingerprint density at radius 2 is 1.96 bits per heavy atom. The van der Waals surface area contributed by atoms with Crippen LogP contribution in [0.4, 0.5) is 5.69 Å². The van der Waals surface area contributed by atoms with Gasteiger partial charge in [0.15, 0.2) is 11.5 Å². The van der Waals surface area contributed by atoms with E-state index in [2.05, 4.69) is 15.3 Å². The second kappa shape index (κ2) is 7.23. The highest BCUT2D eigenvalue weighted by Crippen LogP contribution is 2.33. The van der Waals surface area contributed by atoms with Gasteiger partial charge in [-0.3, -0.25) is 9.78 Å². The van der Waals surface area contributed by atoms with Crippen molar-refractivity contribution in [1.29, 1.82) is 0 Å². The predicted octanol–water partition coefficient (Wildman–Crippen LogP) is 3.83. The molecule has 0 radical (unpaired) electrons. The molecule has 1 N–H and O–H groups in total. The van der Waals surface area contributed by atoms with Gasteiger partial charge in [0.1, 0.15) is 5.69 Å². The van der Waals surface area contributed by atoms with Crippen LogP contribution in [0.3, 0.4) is 0 Å². The number of anilines is 1. The Morgan fingerprint density at radius 3 is 2.58 bits per heavy atom. The number of carbonyl (C=O) groups is 1. The summed E-state index contributed by atoms with van der Waals surface area (Å²) >= 11 is 12.0. The molecule has 3 rings (SSSR count). The molecule has 1 amide bonds. The third kappa shape index (κ3) is 3.88. The summed E-state index contributed by atoms with van der Waals surface area (Å²) in [6, 6.07) is 1.54. The molecule has 6 nitrogen and oxygen atoms in total. The Balaban J connectivity index is 1.79. The number of hydrogen-bond acceptors (Lipinski definition) is 5. The van der Waals surface area contributed by atoms with Crippen molar-refractivity contribution in [3.63, 3.8) is 0 Å². The normalized spacial score (nSPS) is 13.5. The fourth-order valence-electron chi connectivity index (χ4n) is 2.02. The molecule has 0 aliphatic heterocycles. The van der Waals surface area contributed by atoms with Gasteiger partial charge in [-0.15, -0.1) is 0 Å². The van der Waals surface area contributed by atoms with E-state index in [0.29, 0.717) is 24.0 Å². The molecule has 8 heteroatoms. The topological polar surface area (TPSA) is 73.3 Å². The minimum Gasteiger partial charge on any atom is -0.491 e.